The number of aliphatic hydroxyl groups is 1. The Morgan fingerprint density at radius 2 is 1.68 bits per heavy atom. The number of nitrogens with one attached hydrogen (secondary N) is 1. The maximum absolute atomic E-state index is 12.8. The molecule has 19 heavy (non-hydrogen) atoms. The standard InChI is InChI=1S/C15H25NO2.ClH/c1-10(16-2-3-17)14(18)15-7-11-4-12(8-15)6-13(5-11)9-15;/h10-13,16-17H,2-9H2,1H3;1H/p-1. The van der Waals surface area contributed by atoms with Crippen molar-refractivity contribution < 1.29 is 22.3 Å². The van der Waals surface area contributed by atoms with Gasteiger partial charge in [0.2, 0.25) is 0 Å². The molecular weight excluding hydrogens is 262 g/mol. The van der Waals surface area contributed by atoms with Gasteiger partial charge in [-0.15, -0.1) is 0 Å². The predicted molar refractivity (Wildman–Crippen MR) is 70.2 cm³/mol. The van der Waals surface area contributed by atoms with Crippen molar-refractivity contribution in [1.82, 2.24) is 5.32 Å². The molecule has 0 heterocycles. The van der Waals surface area contributed by atoms with Crippen LogP contribution in [0.25, 0.3) is 0 Å². The topological polar surface area (TPSA) is 49.3 Å². The lowest BCUT2D eigenvalue weighted by atomic mass is 9.48. The molecule has 0 amide bonds. The highest BCUT2D eigenvalue weighted by atomic mass is 35.5. The van der Waals surface area contributed by atoms with Gasteiger partial charge in [-0.3, -0.25) is 4.79 Å². The van der Waals surface area contributed by atoms with Gasteiger partial charge in [-0.2, -0.15) is 0 Å². The summed E-state index contributed by atoms with van der Waals surface area (Å²) in [5, 5.41) is 12.0. The minimum absolute atomic E-state index is 0. The Bertz CT molecular complexity index is 310. The number of Topliss-reactive ketones (excluding diaryl/α,β-unsaturated/α-hetero) is 1. The van der Waals surface area contributed by atoms with Crippen LogP contribution in [-0.2, 0) is 4.79 Å². The zero-order valence-electron chi connectivity index (χ0n) is 11.7. The first-order chi connectivity index (χ1) is 8.63. The number of aliphatic hydroxyl groups excluding tert-OH is 1. The highest BCUT2D eigenvalue weighted by molar-refractivity contribution is 5.89. The Balaban J connectivity index is 0.00000133. The summed E-state index contributed by atoms with van der Waals surface area (Å²) in [6.45, 7) is 2.61. The van der Waals surface area contributed by atoms with E-state index in [9.17, 15) is 4.79 Å². The van der Waals surface area contributed by atoms with E-state index in [0.717, 1.165) is 37.0 Å². The first-order valence-corrected chi connectivity index (χ1v) is 7.51. The number of halogens is 1. The van der Waals surface area contributed by atoms with E-state index in [0.29, 0.717) is 12.3 Å². The number of carbonyl (C=O) groups is 1. The summed E-state index contributed by atoms with van der Waals surface area (Å²) in [6.07, 6.45) is 7.57. The summed E-state index contributed by atoms with van der Waals surface area (Å²) in [5.41, 5.74) is -0.00335. The fourth-order valence-electron chi connectivity index (χ4n) is 5.25. The maximum Gasteiger partial charge on any atom is 0.155 e. The molecule has 110 valence electrons. The first-order valence-electron chi connectivity index (χ1n) is 7.51. The lowest BCUT2D eigenvalue weighted by molar-refractivity contribution is -0.145. The third-order valence-corrected chi connectivity index (χ3v) is 5.52. The lowest BCUT2D eigenvalue weighted by Crippen LogP contribution is -3.00. The summed E-state index contributed by atoms with van der Waals surface area (Å²) < 4.78 is 0. The normalized spacial score (nSPS) is 40.8. The highest BCUT2D eigenvalue weighted by Gasteiger charge is 2.54. The second-order valence-electron chi connectivity index (χ2n) is 6.96. The van der Waals surface area contributed by atoms with Gasteiger partial charge in [0.05, 0.1) is 12.6 Å². The van der Waals surface area contributed by atoms with Crippen molar-refractivity contribution in [3.8, 4) is 0 Å². The molecule has 2 N–H and O–H groups in total. The second-order valence-corrected chi connectivity index (χ2v) is 6.96. The molecule has 0 aliphatic heterocycles. The van der Waals surface area contributed by atoms with Gasteiger partial charge < -0.3 is 22.8 Å². The quantitative estimate of drug-likeness (QED) is 0.664. The Morgan fingerprint density at radius 1 is 1.21 bits per heavy atom. The van der Waals surface area contributed by atoms with E-state index in [1.165, 1.54) is 19.3 Å². The van der Waals surface area contributed by atoms with E-state index in [-0.39, 0.29) is 30.5 Å². The van der Waals surface area contributed by atoms with E-state index in [4.69, 9.17) is 5.11 Å². The van der Waals surface area contributed by atoms with Gasteiger partial charge in [-0.25, -0.2) is 0 Å². The zero-order valence-corrected chi connectivity index (χ0v) is 12.5. The van der Waals surface area contributed by atoms with Crippen LogP contribution in [-0.4, -0.2) is 30.1 Å². The van der Waals surface area contributed by atoms with Crippen molar-refractivity contribution in [3.05, 3.63) is 0 Å². The van der Waals surface area contributed by atoms with Gasteiger partial charge in [0.25, 0.3) is 0 Å². The third kappa shape index (κ3) is 2.70. The van der Waals surface area contributed by atoms with Crippen molar-refractivity contribution in [2.75, 3.05) is 13.2 Å². The van der Waals surface area contributed by atoms with Crippen molar-refractivity contribution in [1.29, 1.82) is 0 Å². The van der Waals surface area contributed by atoms with Crippen LogP contribution in [0.5, 0.6) is 0 Å². The van der Waals surface area contributed by atoms with Gasteiger partial charge in [0.15, 0.2) is 5.78 Å². The Kier molecular flexibility index (Phi) is 4.59. The fourth-order valence-corrected chi connectivity index (χ4v) is 5.25. The molecule has 1 atom stereocenters. The monoisotopic (exact) mass is 286 g/mol. The predicted octanol–water partition coefficient (Wildman–Crippen LogP) is -1.25. The molecule has 0 radical (unpaired) electrons. The van der Waals surface area contributed by atoms with Gasteiger partial charge in [0, 0.05) is 12.0 Å². The van der Waals surface area contributed by atoms with E-state index in [2.05, 4.69) is 5.32 Å². The first kappa shape index (κ1) is 15.3. The Labute approximate surface area is 121 Å². The largest absolute Gasteiger partial charge is 1.00 e. The van der Waals surface area contributed by atoms with Gasteiger partial charge in [-0.1, -0.05) is 0 Å². The molecule has 0 spiro atoms. The molecule has 4 bridgehead atoms. The van der Waals surface area contributed by atoms with E-state index >= 15 is 0 Å². The van der Waals surface area contributed by atoms with Crippen molar-refractivity contribution in [3.63, 3.8) is 0 Å². The Hall–Kier alpha value is -0.120. The van der Waals surface area contributed by atoms with E-state index < -0.39 is 0 Å². The van der Waals surface area contributed by atoms with Crippen LogP contribution in [0.1, 0.15) is 45.4 Å². The molecule has 3 nitrogen and oxygen atoms in total. The lowest BCUT2D eigenvalue weighted by Gasteiger charge is -2.56. The van der Waals surface area contributed by atoms with E-state index in [1.807, 2.05) is 6.92 Å². The SMILES string of the molecule is CC(NCCO)C(=O)C12CC3CC(CC(C3)C1)C2.[Cl-]. The number of carbonyl (C=O) groups excluding carboxylic acids is 1. The second kappa shape index (κ2) is 5.71. The Morgan fingerprint density at radius 3 is 2.11 bits per heavy atom. The third-order valence-electron chi connectivity index (χ3n) is 5.52. The highest BCUT2D eigenvalue weighted by Crippen LogP contribution is 2.60. The molecule has 4 heteroatoms. The molecule has 0 aromatic carbocycles. The number of hydrogen-bond donors (Lipinski definition) is 2. The molecule has 0 aromatic rings. The number of hydrogen-bond acceptors (Lipinski definition) is 3. The summed E-state index contributed by atoms with van der Waals surface area (Å²) in [4.78, 5) is 12.8. The molecular formula is C15H25ClNO2-. The van der Waals surface area contributed by atoms with Crippen LogP contribution < -0.4 is 17.7 Å². The minimum Gasteiger partial charge on any atom is -1.00 e. The maximum atomic E-state index is 12.8. The van der Waals surface area contributed by atoms with Crippen molar-refractivity contribution in [2.24, 2.45) is 23.2 Å². The van der Waals surface area contributed by atoms with Crippen LogP contribution in [0.2, 0.25) is 0 Å². The van der Waals surface area contributed by atoms with Crippen LogP contribution in [0, 0.1) is 23.2 Å². The summed E-state index contributed by atoms with van der Waals surface area (Å²) in [5.74, 6) is 2.90. The molecule has 4 rings (SSSR count). The van der Waals surface area contributed by atoms with Crippen molar-refractivity contribution in [2.45, 2.75) is 51.5 Å². The molecule has 0 aromatic heterocycles. The fraction of sp³-hybridized carbons (Fsp3) is 0.933. The summed E-state index contributed by atoms with van der Waals surface area (Å²) in [7, 11) is 0. The van der Waals surface area contributed by atoms with Crippen molar-refractivity contribution >= 4 is 5.78 Å². The van der Waals surface area contributed by atoms with Crippen LogP contribution in [0.4, 0.5) is 0 Å². The average Bonchev–Trinajstić information content (AvgIpc) is 2.33. The van der Waals surface area contributed by atoms with Crippen LogP contribution in [0.15, 0.2) is 0 Å². The molecule has 1 unspecified atom stereocenters. The minimum atomic E-state index is -0.0894. The smallest absolute Gasteiger partial charge is 0.155 e. The summed E-state index contributed by atoms with van der Waals surface area (Å²) in [6, 6.07) is -0.0894. The molecule has 0 saturated heterocycles. The van der Waals surface area contributed by atoms with Gasteiger partial charge >= 0.3 is 0 Å². The average molecular weight is 287 g/mol. The van der Waals surface area contributed by atoms with Crippen LogP contribution in [0.3, 0.4) is 0 Å². The molecule has 4 aliphatic rings. The van der Waals surface area contributed by atoms with E-state index in [1.54, 1.807) is 0 Å². The van der Waals surface area contributed by atoms with Crippen LogP contribution >= 0.6 is 0 Å². The number of ketones is 1. The number of rotatable bonds is 5. The zero-order chi connectivity index (χ0) is 12.8. The summed E-state index contributed by atoms with van der Waals surface area (Å²) >= 11 is 0. The van der Waals surface area contributed by atoms with Gasteiger partial charge in [0.1, 0.15) is 0 Å². The molecule has 4 fully saturated rings. The molecule has 4 aliphatic carbocycles. The van der Waals surface area contributed by atoms with Gasteiger partial charge in [-0.05, 0) is 63.2 Å². The molecule has 4 saturated carbocycles.